The van der Waals surface area contributed by atoms with Gasteiger partial charge >= 0.3 is 0 Å². The molecule has 1 heterocycles. The summed E-state index contributed by atoms with van der Waals surface area (Å²) in [4.78, 5) is 13.9. The molecule has 0 amide bonds. The zero-order chi connectivity index (χ0) is 9.80. The van der Waals surface area contributed by atoms with Gasteiger partial charge in [0.2, 0.25) is 0 Å². The molecule has 1 aliphatic heterocycles. The molecule has 0 N–H and O–H groups in total. The van der Waals surface area contributed by atoms with Gasteiger partial charge in [-0.15, -0.1) is 0 Å². The van der Waals surface area contributed by atoms with Crippen molar-refractivity contribution in [3.63, 3.8) is 0 Å². The van der Waals surface area contributed by atoms with Crippen LogP contribution < -0.4 is 0 Å². The smallest absolute Gasteiger partial charge is 0.134 e. The van der Waals surface area contributed by atoms with Crippen molar-refractivity contribution in [3.8, 4) is 0 Å². The van der Waals surface area contributed by atoms with Crippen molar-refractivity contribution in [3.05, 3.63) is 0 Å². The minimum absolute atomic E-state index is 0.478. The molecule has 1 saturated heterocycles. The molecule has 1 atom stereocenters. The van der Waals surface area contributed by atoms with Gasteiger partial charge in [0.15, 0.2) is 0 Å². The lowest BCUT2D eigenvalue weighted by Crippen LogP contribution is -2.40. The van der Waals surface area contributed by atoms with Gasteiger partial charge in [-0.3, -0.25) is 9.69 Å². The minimum atomic E-state index is 0.478. The summed E-state index contributed by atoms with van der Waals surface area (Å²) in [7, 11) is 3.95. The molecule has 0 aromatic rings. The van der Waals surface area contributed by atoms with Crippen molar-refractivity contribution in [2.24, 2.45) is 0 Å². The number of hydrogen-bond donors (Lipinski definition) is 0. The van der Waals surface area contributed by atoms with Crippen LogP contribution in [0.4, 0.5) is 0 Å². The topological polar surface area (TPSA) is 20.3 Å². The van der Waals surface area contributed by atoms with Crippen molar-refractivity contribution in [1.82, 2.24) is 4.90 Å². The number of hydrogen-bond acceptors (Lipinski definition) is 4. The Morgan fingerprint density at radius 3 is 2.57 bits per heavy atom. The first-order valence-electron chi connectivity index (χ1n) is 5.36. The molecule has 14 heavy (non-hydrogen) atoms. The quantitative estimate of drug-likeness (QED) is 0.644. The minimum Gasteiger partial charge on any atom is -0.300 e. The molecular weight excluding hydrogens is 214 g/mol. The third-order valence-electron chi connectivity index (χ3n) is 2.98. The van der Waals surface area contributed by atoms with Crippen LogP contribution in [-0.4, -0.2) is 41.3 Å². The molecular formula is C10H17NOS2. The van der Waals surface area contributed by atoms with Crippen LogP contribution in [0.25, 0.3) is 0 Å². The van der Waals surface area contributed by atoms with E-state index in [-0.39, 0.29) is 0 Å². The van der Waals surface area contributed by atoms with Crippen LogP contribution in [0.5, 0.6) is 0 Å². The SMILES string of the molecule is O=C1CCCC(N2CCSSCC2)C1. The Hall–Kier alpha value is 0.330. The highest BCUT2D eigenvalue weighted by atomic mass is 33.1. The summed E-state index contributed by atoms with van der Waals surface area (Å²) >= 11 is 0. The molecule has 0 aromatic heterocycles. The molecule has 1 aliphatic carbocycles. The van der Waals surface area contributed by atoms with E-state index in [1.807, 2.05) is 21.6 Å². The largest absolute Gasteiger partial charge is 0.300 e. The maximum Gasteiger partial charge on any atom is 0.134 e. The van der Waals surface area contributed by atoms with Crippen LogP contribution in [-0.2, 0) is 4.79 Å². The summed E-state index contributed by atoms with van der Waals surface area (Å²) < 4.78 is 0. The van der Waals surface area contributed by atoms with Crippen LogP contribution in [0.15, 0.2) is 0 Å². The predicted octanol–water partition coefficient (Wildman–Crippen LogP) is 2.20. The highest BCUT2D eigenvalue weighted by Crippen LogP contribution is 2.27. The lowest BCUT2D eigenvalue weighted by Gasteiger charge is -2.32. The van der Waals surface area contributed by atoms with Gasteiger partial charge in [-0.05, 0) is 12.8 Å². The lowest BCUT2D eigenvalue weighted by atomic mass is 9.93. The first-order chi connectivity index (χ1) is 6.86. The third-order valence-corrected chi connectivity index (χ3v) is 5.34. The number of nitrogens with zero attached hydrogens (tertiary/aromatic N) is 1. The van der Waals surface area contributed by atoms with Crippen LogP contribution in [0.2, 0.25) is 0 Å². The highest BCUT2D eigenvalue weighted by Gasteiger charge is 2.25. The van der Waals surface area contributed by atoms with E-state index in [2.05, 4.69) is 4.90 Å². The Balaban J connectivity index is 1.88. The molecule has 1 unspecified atom stereocenters. The Kier molecular flexibility index (Phi) is 4.20. The van der Waals surface area contributed by atoms with E-state index in [0.29, 0.717) is 11.8 Å². The molecule has 0 bridgehead atoms. The fraction of sp³-hybridized carbons (Fsp3) is 0.900. The van der Waals surface area contributed by atoms with Gasteiger partial charge in [0, 0.05) is 43.5 Å². The van der Waals surface area contributed by atoms with Crippen molar-refractivity contribution < 1.29 is 4.79 Å². The molecule has 0 radical (unpaired) electrons. The van der Waals surface area contributed by atoms with E-state index in [0.717, 1.165) is 19.3 Å². The van der Waals surface area contributed by atoms with E-state index in [9.17, 15) is 4.79 Å². The van der Waals surface area contributed by atoms with Crippen LogP contribution in [0.3, 0.4) is 0 Å². The molecule has 1 saturated carbocycles. The van der Waals surface area contributed by atoms with E-state index in [4.69, 9.17) is 0 Å². The summed E-state index contributed by atoms with van der Waals surface area (Å²) in [5.74, 6) is 2.91. The second-order valence-electron chi connectivity index (χ2n) is 3.97. The first kappa shape index (κ1) is 10.8. The van der Waals surface area contributed by atoms with Gasteiger partial charge in [-0.25, -0.2) is 0 Å². The van der Waals surface area contributed by atoms with Crippen molar-refractivity contribution in [1.29, 1.82) is 0 Å². The molecule has 2 fully saturated rings. The molecule has 80 valence electrons. The Labute approximate surface area is 93.6 Å². The molecule has 2 rings (SSSR count). The van der Waals surface area contributed by atoms with Crippen molar-refractivity contribution >= 4 is 27.4 Å². The van der Waals surface area contributed by atoms with Gasteiger partial charge in [-0.1, -0.05) is 21.6 Å². The molecule has 2 aliphatic rings. The maximum absolute atomic E-state index is 11.4. The zero-order valence-electron chi connectivity index (χ0n) is 8.41. The molecule has 0 aromatic carbocycles. The monoisotopic (exact) mass is 231 g/mol. The van der Waals surface area contributed by atoms with E-state index in [1.54, 1.807) is 0 Å². The fourth-order valence-corrected chi connectivity index (χ4v) is 4.23. The molecule has 2 nitrogen and oxygen atoms in total. The number of rotatable bonds is 1. The van der Waals surface area contributed by atoms with Gasteiger partial charge in [0.05, 0.1) is 0 Å². The summed E-state index contributed by atoms with van der Waals surface area (Å²) in [5, 5.41) is 0. The van der Waals surface area contributed by atoms with Gasteiger partial charge in [-0.2, -0.15) is 0 Å². The standard InChI is InChI=1S/C10H17NOS2/c12-10-3-1-2-9(8-10)11-4-6-13-14-7-5-11/h9H,1-8H2. The second-order valence-corrected chi connectivity index (χ2v) is 6.67. The summed E-state index contributed by atoms with van der Waals surface area (Å²) in [6.07, 6.45) is 3.99. The Morgan fingerprint density at radius 2 is 1.93 bits per heavy atom. The van der Waals surface area contributed by atoms with Crippen LogP contribution in [0.1, 0.15) is 25.7 Å². The second kappa shape index (κ2) is 5.42. The predicted molar refractivity (Wildman–Crippen MR) is 63.8 cm³/mol. The third kappa shape index (κ3) is 2.91. The highest BCUT2D eigenvalue weighted by molar-refractivity contribution is 8.76. The Morgan fingerprint density at radius 1 is 1.21 bits per heavy atom. The Bertz CT molecular complexity index is 202. The average molecular weight is 231 g/mol. The van der Waals surface area contributed by atoms with E-state index < -0.39 is 0 Å². The zero-order valence-corrected chi connectivity index (χ0v) is 10.0. The number of Topliss-reactive ketones (excluding diaryl/α,β-unsaturated/α-hetero) is 1. The fourth-order valence-electron chi connectivity index (χ4n) is 2.22. The number of carbonyl (C=O) groups excluding carboxylic acids is 1. The molecule has 0 spiro atoms. The number of ketones is 1. The van der Waals surface area contributed by atoms with E-state index >= 15 is 0 Å². The summed E-state index contributed by atoms with van der Waals surface area (Å²) in [5.41, 5.74) is 0. The van der Waals surface area contributed by atoms with Crippen molar-refractivity contribution in [2.75, 3.05) is 24.6 Å². The lowest BCUT2D eigenvalue weighted by molar-refractivity contribution is -0.121. The van der Waals surface area contributed by atoms with Crippen molar-refractivity contribution in [2.45, 2.75) is 31.7 Å². The first-order valence-corrected chi connectivity index (χ1v) is 7.85. The van der Waals surface area contributed by atoms with Gasteiger partial charge in [0.1, 0.15) is 5.78 Å². The summed E-state index contributed by atoms with van der Waals surface area (Å²) in [6.45, 7) is 2.35. The summed E-state index contributed by atoms with van der Waals surface area (Å²) in [6, 6.07) is 0.565. The number of carbonyl (C=O) groups is 1. The van der Waals surface area contributed by atoms with Gasteiger partial charge < -0.3 is 0 Å². The maximum atomic E-state index is 11.4. The molecule has 4 heteroatoms. The van der Waals surface area contributed by atoms with Crippen LogP contribution in [0, 0.1) is 0 Å². The van der Waals surface area contributed by atoms with Gasteiger partial charge in [0.25, 0.3) is 0 Å². The van der Waals surface area contributed by atoms with Crippen LogP contribution >= 0.6 is 21.6 Å². The normalized spacial score (nSPS) is 31.4. The average Bonchev–Trinajstić information content (AvgIpc) is 2.45. The van der Waals surface area contributed by atoms with E-state index in [1.165, 1.54) is 31.0 Å².